The van der Waals surface area contributed by atoms with Crippen LogP contribution in [0.5, 0.6) is 11.5 Å². The highest BCUT2D eigenvalue weighted by molar-refractivity contribution is 7.89. The molecular formula is C16H21NO5S. The molecule has 1 aromatic rings. The van der Waals surface area contributed by atoms with E-state index in [1.54, 1.807) is 22.5 Å². The van der Waals surface area contributed by atoms with Crippen LogP contribution in [0.1, 0.15) is 25.7 Å². The summed E-state index contributed by atoms with van der Waals surface area (Å²) in [6, 6.07) is 4.82. The molecule has 2 atom stereocenters. The van der Waals surface area contributed by atoms with Gasteiger partial charge in [-0.15, -0.1) is 0 Å². The molecule has 0 aromatic heterocycles. The lowest BCUT2D eigenvalue weighted by atomic mass is 9.91. The van der Waals surface area contributed by atoms with Gasteiger partial charge in [-0.25, -0.2) is 8.42 Å². The molecule has 1 saturated heterocycles. The van der Waals surface area contributed by atoms with Gasteiger partial charge in [-0.2, -0.15) is 4.31 Å². The molecule has 0 bridgehead atoms. The molecule has 0 radical (unpaired) electrons. The van der Waals surface area contributed by atoms with Gasteiger partial charge in [0.05, 0.1) is 23.6 Å². The minimum Gasteiger partial charge on any atom is -0.486 e. The SMILES string of the molecule is O=S(=O)(c1ccc2c(c1)OCCO2)N1CCO[C@@H]2CCCC[C@H]21. The summed E-state index contributed by atoms with van der Waals surface area (Å²) in [5.41, 5.74) is 0. The number of rotatable bonds is 2. The van der Waals surface area contributed by atoms with Crippen LogP contribution in [-0.4, -0.2) is 51.2 Å². The average Bonchev–Trinajstić information content (AvgIpc) is 2.60. The number of fused-ring (bicyclic) bond motifs is 2. The Balaban J connectivity index is 1.66. The van der Waals surface area contributed by atoms with Crippen molar-refractivity contribution in [3.05, 3.63) is 18.2 Å². The van der Waals surface area contributed by atoms with E-state index in [9.17, 15) is 8.42 Å². The van der Waals surface area contributed by atoms with Crippen molar-refractivity contribution in [1.29, 1.82) is 0 Å². The summed E-state index contributed by atoms with van der Waals surface area (Å²) in [5, 5.41) is 0. The highest BCUT2D eigenvalue weighted by Gasteiger charge is 2.41. The predicted molar refractivity (Wildman–Crippen MR) is 83.3 cm³/mol. The fourth-order valence-electron chi connectivity index (χ4n) is 3.68. The maximum absolute atomic E-state index is 13.1. The quantitative estimate of drug-likeness (QED) is 0.822. The number of hydrogen-bond acceptors (Lipinski definition) is 5. The van der Waals surface area contributed by atoms with Gasteiger partial charge >= 0.3 is 0 Å². The number of ether oxygens (including phenoxy) is 3. The summed E-state index contributed by atoms with van der Waals surface area (Å²) in [6.45, 7) is 1.81. The minimum absolute atomic E-state index is 0.0319. The smallest absolute Gasteiger partial charge is 0.243 e. The van der Waals surface area contributed by atoms with Crippen molar-refractivity contribution in [2.75, 3.05) is 26.4 Å². The first-order valence-electron chi connectivity index (χ1n) is 8.19. The number of benzene rings is 1. The zero-order valence-corrected chi connectivity index (χ0v) is 13.8. The van der Waals surface area contributed by atoms with Crippen LogP contribution in [0.4, 0.5) is 0 Å². The summed E-state index contributed by atoms with van der Waals surface area (Å²) in [7, 11) is -3.55. The minimum atomic E-state index is -3.55. The topological polar surface area (TPSA) is 65.1 Å². The molecule has 0 spiro atoms. The maximum Gasteiger partial charge on any atom is 0.243 e. The Hall–Kier alpha value is -1.31. The molecule has 0 amide bonds. The Bertz CT molecular complexity index is 688. The molecule has 1 aromatic carbocycles. The van der Waals surface area contributed by atoms with Crippen molar-refractivity contribution >= 4 is 10.0 Å². The van der Waals surface area contributed by atoms with Crippen LogP contribution >= 0.6 is 0 Å². The van der Waals surface area contributed by atoms with Crippen LogP contribution in [0.15, 0.2) is 23.1 Å². The Morgan fingerprint density at radius 1 is 1.00 bits per heavy atom. The second-order valence-electron chi connectivity index (χ2n) is 6.18. The zero-order valence-electron chi connectivity index (χ0n) is 12.9. The molecule has 0 N–H and O–H groups in total. The molecule has 1 saturated carbocycles. The average molecular weight is 339 g/mol. The normalized spacial score (nSPS) is 28.2. The largest absolute Gasteiger partial charge is 0.486 e. The Morgan fingerprint density at radius 3 is 2.65 bits per heavy atom. The fraction of sp³-hybridized carbons (Fsp3) is 0.625. The molecule has 2 heterocycles. The van der Waals surface area contributed by atoms with E-state index in [2.05, 4.69) is 0 Å². The molecule has 126 valence electrons. The third-order valence-electron chi connectivity index (χ3n) is 4.80. The summed E-state index contributed by atoms with van der Waals surface area (Å²) < 4.78 is 44.6. The molecule has 23 heavy (non-hydrogen) atoms. The molecule has 0 unspecified atom stereocenters. The highest BCUT2D eigenvalue weighted by Crippen LogP contribution is 2.36. The standard InChI is InChI=1S/C16H21NO5S/c18-23(19,12-5-6-15-16(11-12)22-10-9-21-15)17-7-8-20-14-4-2-1-3-13(14)17/h5-6,11,13-14H,1-4,7-10H2/t13-,14-/m1/s1. The van der Waals surface area contributed by atoms with E-state index in [1.807, 2.05) is 0 Å². The lowest BCUT2D eigenvalue weighted by molar-refractivity contribution is -0.0586. The van der Waals surface area contributed by atoms with Gasteiger partial charge < -0.3 is 14.2 Å². The number of sulfonamides is 1. The second-order valence-corrected chi connectivity index (χ2v) is 8.07. The van der Waals surface area contributed by atoms with Crippen LogP contribution in [0.3, 0.4) is 0 Å². The molecular weight excluding hydrogens is 318 g/mol. The van der Waals surface area contributed by atoms with E-state index in [4.69, 9.17) is 14.2 Å². The number of hydrogen-bond donors (Lipinski definition) is 0. The summed E-state index contributed by atoms with van der Waals surface area (Å²) in [6.07, 6.45) is 4.01. The van der Waals surface area contributed by atoms with Crippen LogP contribution in [0.2, 0.25) is 0 Å². The predicted octanol–water partition coefficient (Wildman–Crippen LogP) is 1.79. The first kappa shape index (κ1) is 15.2. The second kappa shape index (κ2) is 5.96. The molecule has 2 aliphatic heterocycles. The van der Waals surface area contributed by atoms with Crippen molar-refractivity contribution in [2.24, 2.45) is 0 Å². The fourth-order valence-corrected chi connectivity index (χ4v) is 5.36. The van der Waals surface area contributed by atoms with Gasteiger partial charge in [0.2, 0.25) is 10.0 Å². The van der Waals surface area contributed by atoms with Crippen molar-refractivity contribution < 1.29 is 22.6 Å². The van der Waals surface area contributed by atoms with Crippen molar-refractivity contribution in [1.82, 2.24) is 4.31 Å². The van der Waals surface area contributed by atoms with Gasteiger partial charge in [-0.3, -0.25) is 0 Å². The summed E-state index contributed by atoms with van der Waals surface area (Å²) in [5.74, 6) is 1.11. The maximum atomic E-state index is 13.1. The Morgan fingerprint density at radius 2 is 1.78 bits per heavy atom. The van der Waals surface area contributed by atoms with Crippen molar-refractivity contribution in [3.8, 4) is 11.5 Å². The first-order chi connectivity index (χ1) is 11.2. The van der Waals surface area contributed by atoms with Gasteiger partial charge in [-0.05, 0) is 25.0 Å². The molecule has 7 heteroatoms. The van der Waals surface area contributed by atoms with Crippen LogP contribution < -0.4 is 9.47 Å². The molecule has 1 aliphatic carbocycles. The molecule has 4 rings (SSSR count). The third-order valence-corrected chi connectivity index (χ3v) is 6.72. The molecule has 3 aliphatic rings. The van der Waals surface area contributed by atoms with Gasteiger partial charge in [0.15, 0.2) is 11.5 Å². The summed E-state index contributed by atoms with van der Waals surface area (Å²) >= 11 is 0. The van der Waals surface area contributed by atoms with Gasteiger partial charge in [0, 0.05) is 12.6 Å². The first-order valence-corrected chi connectivity index (χ1v) is 9.63. The van der Waals surface area contributed by atoms with Crippen LogP contribution in [0, 0.1) is 0 Å². The van der Waals surface area contributed by atoms with E-state index >= 15 is 0 Å². The number of nitrogens with zero attached hydrogens (tertiary/aromatic N) is 1. The highest BCUT2D eigenvalue weighted by atomic mass is 32.2. The zero-order chi connectivity index (χ0) is 15.9. The summed E-state index contributed by atoms with van der Waals surface area (Å²) in [4.78, 5) is 0.271. The number of morpholine rings is 1. The van der Waals surface area contributed by atoms with Gasteiger partial charge in [0.1, 0.15) is 13.2 Å². The Labute approximate surface area is 136 Å². The van der Waals surface area contributed by atoms with Crippen LogP contribution in [-0.2, 0) is 14.8 Å². The Kier molecular flexibility index (Phi) is 3.95. The molecule has 2 fully saturated rings. The van der Waals surface area contributed by atoms with Gasteiger partial charge in [-0.1, -0.05) is 12.8 Å². The third kappa shape index (κ3) is 2.70. The van der Waals surface area contributed by atoms with E-state index in [0.29, 0.717) is 37.9 Å². The van der Waals surface area contributed by atoms with Gasteiger partial charge in [0.25, 0.3) is 0 Å². The van der Waals surface area contributed by atoms with E-state index in [-0.39, 0.29) is 17.0 Å². The van der Waals surface area contributed by atoms with E-state index in [1.165, 1.54) is 0 Å². The van der Waals surface area contributed by atoms with E-state index in [0.717, 1.165) is 25.7 Å². The van der Waals surface area contributed by atoms with Crippen LogP contribution in [0.25, 0.3) is 0 Å². The lowest BCUT2D eigenvalue weighted by Gasteiger charge is -2.42. The molecule has 6 nitrogen and oxygen atoms in total. The van der Waals surface area contributed by atoms with Crippen molar-refractivity contribution in [3.63, 3.8) is 0 Å². The lowest BCUT2D eigenvalue weighted by Crippen LogP contribution is -2.54. The monoisotopic (exact) mass is 339 g/mol. The van der Waals surface area contributed by atoms with E-state index < -0.39 is 10.0 Å². The van der Waals surface area contributed by atoms with Crippen molar-refractivity contribution in [2.45, 2.75) is 42.7 Å².